The summed E-state index contributed by atoms with van der Waals surface area (Å²) in [4.78, 5) is 10.8. The van der Waals surface area contributed by atoms with Crippen LogP contribution in [0.1, 0.15) is 5.56 Å². The Hall–Kier alpha value is -2.26. The lowest BCUT2D eigenvalue weighted by molar-refractivity contribution is -0.139. The van der Waals surface area contributed by atoms with Crippen molar-refractivity contribution in [1.82, 2.24) is 0 Å². The van der Waals surface area contributed by atoms with Gasteiger partial charge in [-0.1, -0.05) is 23.7 Å². The summed E-state index contributed by atoms with van der Waals surface area (Å²) >= 11 is 5.59. The quantitative estimate of drug-likeness (QED) is 0.853. The van der Waals surface area contributed by atoms with Gasteiger partial charge in [0.1, 0.15) is 6.54 Å². The molecule has 0 saturated carbocycles. The number of nitrogens with zero attached hydrogens (tertiary/aromatic N) is 1. The van der Waals surface area contributed by atoms with Crippen LogP contribution in [0.3, 0.4) is 0 Å². The molecule has 0 bridgehead atoms. The molecule has 0 aromatic heterocycles. The van der Waals surface area contributed by atoms with Crippen LogP contribution in [0.25, 0.3) is 0 Å². The van der Waals surface area contributed by atoms with Gasteiger partial charge in [-0.15, -0.1) is 0 Å². The summed E-state index contributed by atoms with van der Waals surface area (Å²) in [6.07, 6.45) is -4.93. The molecule has 0 atom stereocenters. The maximum Gasteiger partial charge on any atom is 0.417 e. The predicted molar refractivity (Wildman–Crippen MR) is 86.1 cm³/mol. The van der Waals surface area contributed by atoms with Gasteiger partial charge in [-0.3, -0.25) is 9.10 Å². The number of benzene rings is 2. The normalized spacial score (nSPS) is 14.9. The number of fused-ring (bicyclic) bond motifs is 1. The molecule has 0 saturated heterocycles. The first-order valence-electron chi connectivity index (χ1n) is 6.89. The fraction of sp³-hybridized carbons (Fsp3) is 0.133. The minimum absolute atomic E-state index is 0.0881. The first-order chi connectivity index (χ1) is 11.6. The van der Waals surface area contributed by atoms with Crippen LogP contribution in [-0.4, -0.2) is 20.9 Å². The second-order valence-electron chi connectivity index (χ2n) is 5.22. The van der Waals surface area contributed by atoms with E-state index in [4.69, 9.17) is 11.6 Å². The average molecular weight is 391 g/mol. The van der Waals surface area contributed by atoms with Crippen molar-refractivity contribution >= 4 is 38.9 Å². The van der Waals surface area contributed by atoms with Gasteiger partial charge < -0.3 is 5.32 Å². The van der Waals surface area contributed by atoms with Crippen LogP contribution in [-0.2, 0) is 21.0 Å². The van der Waals surface area contributed by atoms with Crippen LogP contribution in [0.2, 0.25) is 5.02 Å². The lowest BCUT2D eigenvalue weighted by Gasteiger charge is -2.30. The third kappa shape index (κ3) is 3.16. The first kappa shape index (κ1) is 17.6. The highest BCUT2D eigenvalue weighted by Crippen LogP contribution is 2.39. The lowest BCUT2D eigenvalue weighted by atomic mass is 10.2. The van der Waals surface area contributed by atoms with Gasteiger partial charge in [0.25, 0.3) is 10.0 Å². The number of sulfonamides is 1. The van der Waals surface area contributed by atoms with E-state index < -0.39 is 39.1 Å². The molecule has 132 valence electrons. The van der Waals surface area contributed by atoms with Crippen LogP contribution >= 0.6 is 11.6 Å². The summed E-state index contributed by atoms with van der Waals surface area (Å²) in [6.45, 7) is -0.626. The van der Waals surface area contributed by atoms with Gasteiger partial charge in [0.2, 0.25) is 5.91 Å². The van der Waals surface area contributed by atoms with Crippen LogP contribution in [0.15, 0.2) is 47.4 Å². The Morgan fingerprint density at radius 3 is 2.48 bits per heavy atom. The van der Waals surface area contributed by atoms with E-state index in [0.717, 1.165) is 12.1 Å². The zero-order valence-electron chi connectivity index (χ0n) is 12.3. The summed E-state index contributed by atoms with van der Waals surface area (Å²) in [6, 6.07) is 8.33. The number of amides is 1. The Morgan fingerprint density at radius 1 is 1.12 bits per heavy atom. The van der Waals surface area contributed by atoms with Crippen molar-refractivity contribution in [1.29, 1.82) is 0 Å². The second kappa shape index (κ2) is 5.92. The third-order valence-electron chi connectivity index (χ3n) is 3.55. The van der Waals surface area contributed by atoms with Crippen molar-refractivity contribution in [2.75, 3.05) is 16.2 Å². The smallest absolute Gasteiger partial charge is 0.323 e. The van der Waals surface area contributed by atoms with E-state index in [0.29, 0.717) is 10.4 Å². The van der Waals surface area contributed by atoms with Crippen molar-refractivity contribution in [3.63, 3.8) is 0 Å². The molecule has 1 aliphatic heterocycles. The van der Waals surface area contributed by atoms with Crippen molar-refractivity contribution in [2.24, 2.45) is 0 Å². The predicted octanol–water partition coefficient (Wildman–Crippen LogP) is 3.51. The van der Waals surface area contributed by atoms with Gasteiger partial charge in [-0.25, -0.2) is 8.42 Å². The Bertz CT molecular complexity index is 961. The summed E-state index contributed by atoms with van der Waals surface area (Å²) in [7, 11) is -4.65. The topological polar surface area (TPSA) is 66.5 Å². The van der Waals surface area contributed by atoms with Gasteiger partial charge in [0.05, 0.1) is 21.8 Å². The van der Waals surface area contributed by atoms with E-state index in [2.05, 4.69) is 5.32 Å². The number of hydrogen-bond acceptors (Lipinski definition) is 3. The number of anilines is 2. The summed E-state index contributed by atoms with van der Waals surface area (Å²) in [5.41, 5.74) is -1.10. The Kier molecular flexibility index (Phi) is 4.16. The number of para-hydroxylation sites is 2. The largest absolute Gasteiger partial charge is 0.417 e. The maximum absolute atomic E-state index is 13.3. The molecule has 3 rings (SSSR count). The molecule has 2 aromatic carbocycles. The SMILES string of the molecule is O=C1CN(S(=O)(=O)c2ccc(Cl)cc2C(F)(F)F)c2ccccc2N1. The first-order valence-corrected chi connectivity index (χ1v) is 8.71. The molecule has 10 heteroatoms. The van der Waals surface area contributed by atoms with Gasteiger partial charge in [0.15, 0.2) is 0 Å². The van der Waals surface area contributed by atoms with Crippen LogP contribution < -0.4 is 9.62 Å². The minimum Gasteiger partial charge on any atom is -0.323 e. The number of hydrogen-bond donors (Lipinski definition) is 1. The number of rotatable bonds is 2. The highest BCUT2D eigenvalue weighted by atomic mass is 35.5. The van der Waals surface area contributed by atoms with E-state index in [1.165, 1.54) is 18.2 Å². The summed E-state index contributed by atoms with van der Waals surface area (Å²) < 4.78 is 66.2. The number of halogens is 4. The molecule has 2 aromatic rings. The summed E-state index contributed by atoms with van der Waals surface area (Å²) in [5.74, 6) is -0.648. The number of carbonyl (C=O) groups is 1. The van der Waals surface area contributed by atoms with E-state index >= 15 is 0 Å². The van der Waals surface area contributed by atoms with Crippen molar-refractivity contribution in [3.8, 4) is 0 Å². The minimum atomic E-state index is -4.93. The van der Waals surface area contributed by atoms with E-state index in [1.807, 2.05) is 0 Å². The molecule has 1 aliphatic rings. The molecule has 1 heterocycles. The van der Waals surface area contributed by atoms with Gasteiger partial charge >= 0.3 is 6.18 Å². The van der Waals surface area contributed by atoms with Crippen LogP contribution in [0.5, 0.6) is 0 Å². The third-order valence-corrected chi connectivity index (χ3v) is 5.60. The average Bonchev–Trinajstić information content (AvgIpc) is 2.52. The molecular weight excluding hydrogens is 381 g/mol. The highest BCUT2D eigenvalue weighted by molar-refractivity contribution is 7.93. The van der Waals surface area contributed by atoms with Gasteiger partial charge in [-0.05, 0) is 30.3 Å². The zero-order valence-corrected chi connectivity index (χ0v) is 13.9. The van der Waals surface area contributed by atoms with Crippen molar-refractivity contribution < 1.29 is 26.4 Å². The van der Waals surface area contributed by atoms with E-state index in [-0.39, 0.29) is 16.4 Å². The molecule has 1 N–H and O–H groups in total. The van der Waals surface area contributed by atoms with Crippen LogP contribution in [0, 0.1) is 0 Å². The molecule has 0 aliphatic carbocycles. The highest BCUT2D eigenvalue weighted by Gasteiger charge is 2.41. The Labute approximate surface area is 146 Å². The zero-order chi connectivity index (χ0) is 18.4. The monoisotopic (exact) mass is 390 g/mol. The molecule has 0 fully saturated rings. The maximum atomic E-state index is 13.3. The molecule has 0 unspecified atom stereocenters. The fourth-order valence-electron chi connectivity index (χ4n) is 2.48. The Morgan fingerprint density at radius 2 is 1.80 bits per heavy atom. The van der Waals surface area contributed by atoms with Crippen molar-refractivity contribution in [3.05, 3.63) is 53.1 Å². The van der Waals surface area contributed by atoms with Gasteiger partial charge in [-0.2, -0.15) is 13.2 Å². The second-order valence-corrected chi connectivity index (χ2v) is 7.48. The standard InChI is InChI=1S/C15H10ClF3N2O3S/c16-9-5-6-13(10(7-9)15(17,18)19)25(23,24)21-8-14(22)20-11-3-1-2-4-12(11)21/h1-7H,8H2,(H,20,22). The van der Waals surface area contributed by atoms with Gasteiger partial charge in [0, 0.05) is 5.02 Å². The molecule has 0 spiro atoms. The van der Waals surface area contributed by atoms with Crippen LogP contribution in [0.4, 0.5) is 24.5 Å². The van der Waals surface area contributed by atoms with Crippen molar-refractivity contribution in [2.45, 2.75) is 11.1 Å². The Balaban J connectivity index is 2.21. The molecule has 0 radical (unpaired) electrons. The number of nitrogens with one attached hydrogen (secondary N) is 1. The molecular formula is C15H10ClF3N2O3S. The molecule has 1 amide bonds. The van der Waals surface area contributed by atoms with E-state index in [9.17, 15) is 26.4 Å². The molecule has 25 heavy (non-hydrogen) atoms. The molecule has 5 nitrogen and oxygen atoms in total. The fourth-order valence-corrected chi connectivity index (χ4v) is 4.29. The number of carbonyl (C=O) groups excluding carboxylic acids is 1. The summed E-state index contributed by atoms with van der Waals surface area (Å²) in [5, 5.41) is 2.23. The lowest BCUT2D eigenvalue weighted by Crippen LogP contribution is -2.42. The number of alkyl halides is 3. The van der Waals surface area contributed by atoms with E-state index in [1.54, 1.807) is 6.07 Å².